The van der Waals surface area contributed by atoms with E-state index in [2.05, 4.69) is 10.9 Å². The molecule has 0 unspecified atom stereocenters. The molecule has 0 fully saturated rings. The summed E-state index contributed by atoms with van der Waals surface area (Å²) in [6, 6.07) is 12.8. The number of carbonyl (C=O) groups excluding carboxylic acids is 2. The Bertz CT molecular complexity index is 673. The Labute approximate surface area is 124 Å². The summed E-state index contributed by atoms with van der Waals surface area (Å²) in [6.45, 7) is 5.70. The van der Waals surface area contributed by atoms with Crippen molar-refractivity contribution in [2.24, 2.45) is 0 Å². The molecule has 4 heteroatoms. The van der Waals surface area contributed by atoms with Gasteiger partial charge in [0.2, 0.25) is 0 Å². The standard InChI is InChI=1S/C17H18N2O2/c1-11-8-12(2)10-14(9-11)16(20)18-19-17(21)15-7-5-4-6-13(15)3/h4-10H,1-3H3,(H,18,20)(H,19,21). The minimum atomic E-state index is -0.330. The van der Waals surface area contributed by atoms with E-state index in [9.17, 15) is 9.59 Å². The minimum Gasteiger partial charge on any atom is -0.267 e. The van der Waals surface area contributed by atoms with Gasteiger partial charge in [0.15, 0.2) is 0 Å². The average Bonchev–Trinajstić information content (AvgIpc) is 2.43. The Hall–Kier alpha value is -2.62. The van der Waals surface area contributed by atoms with Gasteiger partial charge < -0.3 is 0 Å². The molecule has 2 aromatic carbocycles. The average molecular weight is 282 g/mol. The molecule has 0 aliphatic heterocycles. The first-order valence-electron chi connectivity index (χ1n) is 6.72. The highest BCUT2D eigenvalue weighted by molar-refractivity contribution is 5.99. The van der Waals surface area contributed by atoms with Crippen LogP contribution in [0.15, 0.2) is 42.5 Å². The van der Waals surface area contributed by atoms with Gasteiger partial charge in [0.25, 0.3) is 11.8 Å². The quantitative estimate of drug-likeness (QED) is 0.832. The maximum atomic E-state index is 12.0. The van der Waals surface area contributed by atoms with Crippen molar-refractivity contribution in [3.8, 4) is 0 Å². The molecule has 0 saturated heterocycles. The topological polar surface area (TPSA) is 58.2 Å². The first-order valence-corrected chi connectivity index (χ1v) is 6.72. The van der Waals surface area contributed by atoms with Crippen LogP contribution >= 0.6 is 0 Å². The van der Waals surface area contributed by atoms with Gasteiger partial charge in [0.1, 0.15) is 0 Å². The molecule has 0 aliphatic rings. The number of rotatable bonds is 2. The predicted octanol–water partition coefficient (Wildman–Crippen LogP) is 2.69. The fourth-order valence-electron chi connectivity index (χ4n) is 2.19. The highest BCUT2D eigenvalue weighted by Crippen LogP contribution is 2.09. The van der Waals surface area contributed by atoms with Crippen LogP contribution in [-0.4, -0.2) is 11.8 Å². The van der Waals surface area contributed by atoms with E-state index in [0.717, 1.165) is 16.7 Å². The zero-order valence-electron chi connectivity index (χ0n) is 12.4. The molecule has 2 rings (SSSR count). The smallest absolute Gasteiger partial charge is 0.267 e. The minimum absolute atomic E-state index is 0.328. The normalized spacial score (nSPS) is 10.0. The summed E-state index contributed by atoms with van der Waals surface area (Å²) in [5.41, 5.74) is 8.81. The number of nitrogens with one attached hydrogen (secondary N) is 2. The molecule has 0 spiro atoms. The van der Waals surface area contributed by atoms with E-state index in [1.807, 2.05) is 39.0 Å². The molecule has 0 radical (unpaired) electrons. The Morgan fingerprint density at radius 1 is 0.810 bits per heavy atom. The van der Waals surface area contributed by atoms with Crippen LogP contribution in [-0.2, 0) is 0 Å². The number of amides is 2. The van der Waals surface area contributed by atoms with Crippen molar-refractivity contribution in [2.75, 3.05) is 0 Å². The summed E-state index contributed by atoms with van der Waals surface area (Å²) < 4.78 is 0. The second-order valence-electron chi connectivity index (χ2n) is 5.10. The summed E-state index contributed by atoms with van der Waals surface area (Å²) in [6.07, 6.45) is 0. The van der Waals surface area contributed by atoms with Gasteiger partial charge in [-0.25, -0.2) is 0 Å². The van der Waals surface area contributed by atoms with Crippen molar-refractivity contribution in [1.82, 2.24) is 10.9 Å². The Morgan fingerprint density at radius 3 is 2.00 bits per heavy atom. The van der Waals surface area contributed by atoms with Crippen LogP contribution < -0.4 is 10.9 Å². The van der Waals surface area contributed by atoms with Gasteiger partial charge in [-0.05, 0) is 44.5 Å². The van der Waals surface area contributed by atoms with Crippen LogP contribution in [0.2, 0.25) is 0 Å². The predicted molar refractivity (Wildman–Crippen MR) is 82.0 cm³/mol. The monoisotopic (exact) mass is 282 g/mol. The highest BCUT2D eigenvalue weighted by Gasteiger charge is 2.11. The summed E-state index contributed by atoms with van der Waals surface area (Å²) in [4.78, 5) is 24.1. The van der Waals surface area contributed by atoms with E-state index in [-0.39, 0.29) is 11.8 Å². The van der Waals surface area contributed by atoms with Crippen molar-refractivity contribution in [2.45, 2.75) is 20.8 Å². The second-order valence-corrected chi connectivity index (χ2v) is 5.10. The molecule has 2 amide bonds. The molecule has 0 bridgehead atoms. The maximum Gasteiger partial charge on any atom is 0.269 e. The summed E-state index contributed by atoms with van der Waals surface area (Å²) in [7, 11) is 0. The van der Waals surface area contributed by atoms with E-state index >= 15 is 0 Å². The van der Waals surface area contributed by atoms with Crippen LogP contribution in [0, 0.1) is 20.8 Å². The zero-order chi connectivity index (χ0) is 15.4. The molecular formula is C17H18N2O2. The lowest BCUT2D eigenvalue weighted by atomic mass is 10.1. The summed E-state index contributed by atoms with van der Waals surface area (Å²) in [5.74, 6) is -0.658. The van der Waals surface area contributed by atoms with Crippen molar-refractivity contribution in [3.63, 3.8) is 0 Å². The molecule has 0 heterocycles. The van der Waals surface area contributed by atoms with E-state index in [0.29, 0.717) is 11.1 Å². The maximum absolute atomic E-state index is 12.0. The van der Waals surface area contributed by atoms with Gasteiger partial charge in [0, 0.05) is 11.1 Å². The van der Waals surface area contributed by atoms with E-state index < -0.39 is 0 Å². The van der Waals surface area contributed by atoms with E-state index in [1.54, 1.807) is 24.3 Å². The van der Waals surface area contributed by atoms with E-state index in [4.69, 9.17) is 0 Å². The fourth-order valence-corrected chi connectivity index (χ4v) is 2.19. The molecular weight excluding hydrogens is 264 g/mol. The Morgan fingerprint density at radius 2 is 1.38 bits per heavy atom. The number of aryl methyl sites for hydroxylation is 3. The SMILES string of the molecule is Cc1cc(C)cc(C(=O)NNC(=O)c2ccccc2C)c1. The molecule has 0 aromatic heterocycles. The Kier molecular flexibility index (Phi) is 4.38. The first kappa shape index (κ1) is 14.8. The molecule has 0 saturated carbocycles. The van der Waals surface area contributed by atoms with Gasteiger partial charge in [-0.1, -0.05) is 35.4 Å². The summed E-state index contributed by atoms with van der Waals surface area (Å²) in [5, 5.41) is 0. The number of hydrogen-bond donors (Lipinski definition) is 2. The van der Waals surface area contributed by atoms with Gasteiger partial charge in [-0.3, -0.25) is 20.4 Å². The van der Waals surface area contributed by atoms with Crippen LogP contribution in [0.3, 0.4) is 0 Å². The largest absolute Gasteiger partial charge is 0.269 e. The molecule has 21 heavy (non-hydrogen) atoms. The van der Waals surface area contributed by atoms with Gasteiger partial charge in [0.05, 0.1) is 0 Å². The highest BCUT2D eigenvalue weighted by atomic mass is 16.2. The van der Waals surface area contributed by atoms with Crippen molar-refractivity contribution in [1.29, 1.82) is 0 Å². The zero-order valence-corrected chi connectivity index (χ0v) is 12.4. The number of hydrazine groups is 1. The summed E-state index contributed by atoms with van der Waals surface area (Å²) >= 11 is 0. The second kappa shape index (κ2) is 6.22. The van der Waals surface area contributed by atoms with E-state index in [1.165, 1.54) is 0 Å². The number of benzene rings is 2. The van der Waals surface area contributed by atoms with Gasteiger partial charge in [-0.15, -0.1) is 0 Å². The van der Waals surface area contributed by atoms with Crippen LogP contribution in [0.25, 0.3) is 0 Å². The number of carbonyl (C=O) groups is 2. The van der Waals surface area contributed by atoms with Gasteiger partial charge >= 0.3 is 0 Å². The Balaban J connectivity index is 2.04. The number of hydrogen-bond acceptors (Lipinski definition) is 2. The van der Waals surface area contributed by atoms with Crippen LogP contribution in [0.1, 0.15) is 37.4 Å². The third kappa shape index (κ3) is 3.69. The molecule has 2 aromatic rings. The lowest BCUT2D eigenvalue weighted by Gasteiger charge is -2.10. The van der Waals surface area contributed by atoms with Gasteiger partial charge in [-0.2, -0.15) is 0 Å². The molecule has 4 nitrogen and oxygen atoms in total. The molecule has 0 aliphatic carbocycles. The molecule has 108 valence electrons. The van der Waals surface area contributed by atoms with Crippen LogP contribution in [0.4, 0.5) is 0 Å². The third-order valence-electron chi connectivity index (χ3n) is 3.16. The van der Waals surface area contributed by atoms with Crippen molar-refractivity contribution in [3.05, 3.63) is 70.3 Å². The lowest BCUT2D eigenvalue weighted by Crippen LogP contribution is -2.41. The van der Waals surface area contributed by atoms with Crippen LogP contribution in [0.5, 0.6) is 0 Å². The fraction of sp³-hybridized carbons (Fsp3) is 0.176. The molecule has 0 atom stereocenters. The lowest BCUT2D eigenvalue weighted by molar-refractivity contribution is 0.0846. The van der Waals surface area contributed by atoms with Crippen molar-refractivity contribution >= 4 is 11.8 Å². The van der Waals surface area contributed by atoms with Crippen molar-refractivity contribution < 1.29 is 9.59 Å². The molecule has 2 N–H and O–H groups in total. The third-order valence-corrected chi connectivity index (χ3v) is 3.16. The first-order chi connectivity index (χ1) is 9.97.